The third-order valence-corrected chi connectivity index (χ3v) is 4.00. The van der Waals surface area contributed by atoms with Crippen molar-refractivity contribution in [1.82, 2.24) is 4.57 Å². The van der Waals surface area contributed by atoms with Gasteiger partial charge in [-0.1, -0.05) is 0 Å². The van der Waals surface area contributed by atoms with Crippen LogP contribution in [-0.2, 0) is 15.2 Å². The van der Waals surface area contributed by atoms with E-state index < -0.39 is 5.72 Å². The highest BCUT2D eigenvalue weighted by atomic mass is 16.6. The summed E-state index contributed by atoms with van der Waals surface area (Å²) in [6.07, 6.45) is 1.39. The maximum atomic E-state index is 12.1. The molecule has 2 aliphatic rings. The molecule has 0 atom stereocenters. The first-order valence-corrected chi connectivity index (χ1v) is 6.42. The van der Waals surface area contributed by atoms with Crippen molar-refractivity contribution in [2.75, 3.05) is 18.9 Å². The number of nitrogens with zero attached hydrogens (tertiary/aromatic N) is 1. The van der Waals surface area contributed by atoms with E-state index in [0.717, 1.165) is 10.9 Å². The number of nitrogen functional groups attached to an aromatic ring is 1. The van der Waals surface area contributed by atoms with Crippen molar-refractivity contribution in [3.05, 3.63) is 30.0 Å². The van der Waals surface area contributed by atoms with Gasteiger partial charge in [0.05, 0.1) is 18.7 Å². The lowest BCUT2D eigenvalue weighted by Crippen LogP contribution is -2.38. The van der Waals surface area contributed by atoms with Crippen LogP contribution in [0.5, 0.6) is 0 Å². The van der Waals surface area contributed by atoms with E-state index in [4.69, 9.17) is 15.2 Å². The molecule has 1 aromatic heterocycles. The van der Waals surface area contributed by atoms with Gasteiger partial charge in [-0.25, -0.2) is 4.79 Å². The van der Waals surface area contributed by atoms with E-state index in [2.05, 4.69) is 0 Å². The molecule has 5 heteroatoms. The SMILES string of the molecule is Nc1ccc2c(c1)cc1n2C2(CCOCC2)OC1=O. The van der Waals surface area contributed by atoms with E-state index in [9.17, 15) is 4.79 Å². The van der Waals surface area contributed by atoms with E-state index in [1.807, 2.05) is 28.8 Å². The van der Waals surface area contributed by atoms with Crippen LogP contribution in [0.4, 0.5) is 5.69 Å². The number of carbonyl (C=O) groups is 1. The Bertz CT molecular complexity index is 683. The van der Waals surface area contributed by atoms with Crippen LogP contribution in [0.15, 0.2) is 24.3 Å². The molecule has 1 saturated heterocycles. The fraction of sp³-hybridized carbons (Fsp3) is 0.357. The number of nitrogens with two attached hydrogens (primary N) is 1. The van der Waals surface area contributed by atoms with Crippen LogP contribution in [0.3, 0.4) is 0 Å². The topological polar surface area (TPSA) is 66.5 Å². The summed E-state index contributed by atoms with van der Waals surface area (Å²) in [4.78, 5) is 12.1. The lowest BCUT2D eigenvalue weighted by molar-refractivity contribution is -0.108. The summed E-state index contributed by atoms with van der Waals surface area (Å²) in [7, 11) is 0. The fourth-order valence-corrected chi connectivity index (χ4v) is 3.11. The lowest BCUT2D eigenvalue weighted by Gasteiger charge is -2.34. The second-order valence-electron chi connectivity index (χ2n) is 5.13. The molecule has 3 heterocycles. The zero-order valence-corrected chi connectivity index (χ0v) is 10.4. The van der Waals surface area contributed by atoms with Gasteiger partial charge in [0, 0.05) is 23.9 Å². The molecule has 2 aliphatic heterocycles. The number of hydrogen-bond donors (Lipinski definition) is 1. The molecule has 2 aromatic rings. The summed E-state index contributed by atoms with van der Waals surface area (Å²) >= 11 is 0. The molecule has 0 radical (unpaired) electrons. The summed E-state index contributed by atoms with van der Waals surface area (Å²) in [5, 5.41) is 0.984. The predicted molar refractivity (Wildman–Crippen MR) is 69.8 cm³/mol. The third kappa shape index (κ3) is 1.36. The number of aromatic nitrogens is 1. The first kappa shape index (κ1) is 10.9. The van der Waals surface area contributed by atoms with Crippen LogP contribution in [0.25, 0.3) is 10.9 Å². The standard InChI is InChI=1S/C14H14N2O3/c15-10-1-2-11-9(7-10)8-12-13(17)19-14(16(11)12)3-5-18-6-4-14/h1-2,7-8H,3-6,15H2. The van der Waals surface area contributed by atoms with Gasteiger partial charge in [0.1, 0.15) is 5.69 Å². The molecule has 0 amide bonds. The molecule has 1 fully saturated rings. The summed E-state index contributed by atoms with van der Waals surface area (Å²) in [6.45, 7) is 1.22. The average molecular weight is 258 g/mol. The maximum absolute atomic E-state index is 12.1. The summed E-state index contributed by atoms with van der Waals surface area (Å²) in [5.41, 5.74) is 7.55. The number of fused-ring (bicyclic) bond motifs is 4. The van der Waals surface area contributed by atoms with E-state index >= 15 is 0 Å². The van der Waals surface area contributed by atoms with Gasteiger partial charge >= 0.3 is 5.97 Å². The number of rotatable bonds is 0. The van der Waals surface area contributed by atoms with Crippen LogP contribution in [0.2, 0.25) is 0 Å². The Balaban J connectivity index is 1.99. The molecule has 19 heavy (non-hydrogen) atoms. The smallest absolute Gasteiger partial charge is 0.357 e. The molecule has 0 bridgehead atoms. The van der Waals surface area contributed by atoms with Crippen molar-refractivity contribution in [2.45, 2.75) is 18.6 Å². The Hall–Kier alpha value is -2.01. The first-order valence-electron chi connectivity index (χ1n) is 6.42. The Kier molecular flexibility index (Phi) is 2.01. The van der Waals surface area contributed by atoms with Crippen LogP contribution in [-0.4, -0.2) is 23.8 Å². The number of ether oxygens (including phenoxy) is 2. The van der Waals surface area contributed by atoms with E-state index in [1.165, 1.54) is 0 Å². The van der Waals surface area contributed by atoms with Gasteiger partial charge in [-0.3, -0.25) is 4.57 Å². The molecule has 0 unspecified atom stereocenters. The Morgan fingerprint density at radius 3 is 2.79 bits per heavy atom. The summed E-state index contributed by atoms with van der Waals surface area (Å²) < 4.78 is 13.1. The molecule has 0 aliphatic carbocycles. The number of esters is 1. The molecule has 98 valence electrons. The second kappa shape index (κ2) is 3.51. The molecule has 1 spiro atoms. The van der Waals surface area contributed by atoms with E-state index in [1.54, 1.807) is 0 Å². The number of carbonyl (C=O) groups excluding carboxylic acids is 1. The van der Waals surface area contributed by atoms with Crippen LogP contribution >= 0.6 is 0 Å². The Labute approximate surface area is 109 Å². The Morgan fingerprint density at radius 2 is 2.00 bits per heavy atom. The number of hydrogen-bond acceptors (Lipinski definition) is 4. The molecule has 0 saturated carbocycles. The minimum atomic E-state index is -0.567. The van der Waals surface area contributed by atoms with Crippen molar-refractivity contribution in [1.29, 1.82) is 0 Å². The minimum Gasteiger partial charge on any atom is -0.434 e. The second-order valence-corrected chi connectivity index (χ2v) is 5.13. The fourth-order valence-electron chi connectivity index (χ4n) is 3.11. The number of anilines is 1. The quantitative estimate of drug-likeness (QED) is 0.578. The molecule has 4 rings (SSSR count). The van der Waals surface area contributed by atoms with Crippen LogP contribution in [0, 0.1) is 0 Å². The van der Waals surface area contributed by atoms with Gasteiger partial charge in [0.15, 0.2) is 5.72 Å². The van der Waals surface area contributed by atoms with E-state index in [0.29, 0.717) is 37.4 Å². The predicted octanol–water partition coefficient (Wildman–Crippen LogP) is 1.86. The molecule has 2 N–H and O–H groups in total. The van der Waals surface area contributed by atoms with Gasteiger partial charge in [-0.15, -0.1) is 0 Å². The largest absolute Gasteiger partial charge is 0.434 e. The van der Waals surface area contributed by atoms with Gasteiger partial charge in [0.2, 0.25) is 0 Å². The summed E-state index contributed by atoms with van der Waals surface area (Å²) in [6, 6.07) is 7.55. The van der Waals surface area contributed by atoms with Crippen molar-refractivity contribution >= 4 is 22.6 Å². The summed E-state index contributed by atoms with van der Waals surface area (Å²) in [5.74, 6) is -0.253. The first-order chi connectivity index (χ1) is 9.20. The molecule has 5 nitrogen and oxygen atoms in total. The van der Waals surface area contributed by atoms with Crippen LogP contribution in [0.1, 0.15) is 23.3 Å². The van der Waals surface area contributed by atoms with Gasteiger partial charge in [0.25, 0.3) is 0 Å². The third-order valence-electron chi connectivity index (χ3n) is 4.00. The average Bonchev–Trinajstić information content (AvgIpc) is 2.88. The maximum Gasteiger partial charge on any atom is 0.357 e. The monoisotopic (exact) mass is 258 g/mol. The lowest BCUT2D eigenvalue weighted by atomic mass is 10.0. The normalized spacial score (nSPS) is 20.7. The zero-order valence-electron chi connectivity index (χ0n) is 10.4. The van der Waals surface area contributed by atoms with Crippen LogP contribution < -0.4 is 5.73 Å². The van der Waals surface area contributed by atoms with Crippen molar-refractivity contribution in [3.63, 3.8) is 0 Å². The highest BCUT2D eigenvalue weighted by Crippen LogP contribution is 2.42. The minimum absolute atomic E-state index is 0.253. The highest BCUT2D eigenvalue weighted by Gasteiger charge is 2.47. The van der Waals surface area contributed by atoms with Gasteiger partial charge in [-0.05, 0) is 24.3 Å². The molecular weight excluding hydrogens is 244 g/mol. The van der Waals surface area contributed by atoms with Gasteiger partial charge < -0.3 is 15.2 Å². The van der Waals surface area contributed by atoms with Crippen molar-refractivity contribution in [3.8, 4) is 0 Å². The van der Waals surface area contributed by atoms with Crippen molar-refractivity contribution < 1.29 is 14.3 Å². The van der Waals surface area contributed by atoms with Gasteiger partial charge in [-0.2, -0.15) is 0 Å². The Morgan fingerprint density at radius 1 is 1.21 bits per heavy atom. The van der Waals surface area contributed by atoms with E-state index in [-0.39, 0.29) is 5.97 Å². The van der Waals surface area contributed by atoms with Crippen molar-refractivity contribution in [2.24, 2.45) is 0 Å². The molecular formula is C14H14N2O3. The highest BCUT2D eigenvalue weighted by molar-refractivity contribution is 5.98. The zero-order chi connectivity index (χ0) is 13.0. The molecule has 1 aromatic carbocycles. The number of benzene rings is 1.